The number of rotatable bonds is 4. The van der Waals surface area contributed by atoms with Gasteiger partial charge in [0.25, 0.3) is 5.56 Å². The highest BCUT2D eigenvalue weighted by Gasteiger charge is 2.20. The number of aromatic nitrogens is 2. The normalized spacial score (nSPS) is 17.6. The van der Waals surface area contributed by atoms with Crippen LogP contribution in [-0.2, 0) is 13.2 Å². The van der Waals surface area contributed by atoms with Crippen LogP contribution in [0.25, 0.3) is 0 Å². The van der Waals surface area contributed by atoms with Crippen molar-refractivity contribution in [1.82, 2.24) is 19.6 Å². The molecule has 0 radical (unpaired) electrons. The van der Waals surface area contributed by atoms with Crippen LogP contribution in [0, 0.1) is 0 Å². The Morgan fingerprint density at radius 1 is 1.04 bits per heavy atom. The second kappa shape index (κ2) is 7.44. The number of piperazine rings is 1. The van der Waals surface area contributed by atoms with Gasteiger partial charge in [-0.25, -0.2) is 4.68 Å². The fourth-order valence-corrected chi connectivity index (χ4v) is 3.39. The molecule has 0 bridgehead atoms. The van der Waals surface area contributed by atoms with Crippen molar-refractivity contribution in [2.75, 3.05) is 33.0 Å². The molecule has 7 nitrogen and oxygen atoms in total. The summed E-state index contributed by atoms with van der Waals surface area (Å²) in [5.74, 6) is 1.62. The van der Waals surface area contributed by atoms with E-state index in [-0.39, 0.29) is 15.6 Å². The molecule has 2 aliphatic heterocycles. The minimum Gasteiger partial charge on any atom is -0.454 e. The van der Waals surface area contributed by atoms with Crippen LogP contribution in [-0.4, -0.2) is 52.6 Å². The third-order valence-electron chi connectivity index (χ3n) is 4.58. The van der Waals surface area contributed by atoms with Gasteiger partial charge < -0.3 is 9.47 Å². The number of nitrogens with zero attached hydrogens (tertiary/aromatic N) is 4. The van der Waals surface area contributed by atoms with Crippen molar-refractivity contribution in [2.24, 2.45) is 0 Å². The molecule has 1 fully saturated rings. The zero-order valence-corrected chi connectivity index (χ0v) is 15.5. The molecule has 0 atom stereocenters. The van der Waals surface area contributed by atoms with E-state index in [9.17, 15) is 4.79 Å². The smallest absolute Gasteiger partial charge is 0.288 e. The molecule has 1 saturated heterocycles. The molecule has 1 aromatic carbocycles. The Bertz CT molecular complexity index is 866. The zero-order chi connectivity index (χ0) is 18.1. The van der Waals surface area contributed by atoms with Crippen molar-refractivity contribution >= 4 is 23.2 Å². The Morgan fingerprint density at radius 2 is 1.77 bits per heavy atom. The Kier molecular flexibility index (Phi) is 5.04. The van der Waals surface area contributed by atoms with Crippen LogP contribution >= 0.6 is 23.2 Å². The highest BCUT2D eigenvalue weighted by Crippen LogP contribution is 2.32. The second-order valence-electron chi connectivity index (χ2n) is 6.33. The van der Waals surface area contributed by atoms with E-state index in [0.29, 0.717) is 13.5 Å². The summed E-state index contributed by atoms with van der Waals surface area (Å²) in [7, 11) is 0. The Hall–Kier alpha value is -1.80. The largest absolute Gasteiger partial charge is 0.454 e. The fraction of sp³-hybridized carbons (Fsp3) is 0.412. The topological polar surface area (TPSA) is 59.8 Å². The Morgan fingerprint density at radius 3 is 2.58 bits per heavy atom. The maximum atomic E-state index is 12.1. The van der Waals surface area contributed by atoms with Crippen LogP contribution in [0.3, 0.4) is 0 Å². The van der Waals surface area contributed by atoms with Crippen molar-refractivity contribution in [3.05, 3.63) is 50.4 Å². The average Bonchev–Trinajstić information content (AvgIpc) is 3.11. The van der Waals surface area contributed by atoms with Gasteiger partial charge in [0.15, 0.2) is 11.5 Å². The van der Waals surface area contributed by atoms with E-state index in [4.69, 9.17) is 32.7 Å². The van der Waals surface area contributed by atoms with Crippen LogP contribution in [0.2, 0.25) is 10.0 Å². The molecule has 0 N–H and O–H groups in total. The zero-order valence-electron chi connectivity index (χ0n) is 14.0. The lowest BCUT2D eigenvalue weighted by atomic mass is 10.1. The van der Waals surface area contributed by atoms with Gasteiger partial charge in [-0.1, -0.05) is 29.3 Å². The monoisotopic (exact) mass is 396 g/mol. The van der Waals surface area contributed by atoms with Crippen LogP contribution in [0.15, 0.2) is 29.2 Å². The lowest BCUT2D eigenvalue weighted by Crippen LogP contribution is -2.47. The molecule has 9 heteroatoms. The van der Waals surface area contributed by atoms with Gasteiger partial charge in [0, 0.05) is 32.7 Å². The number of hydrogen-bond donors (Lipinski definition) is 0. The molecule has 2 aliphatic rings. The molecular formula is C17H18Cl2N4O3. The van der Waals surface area contributed by atoms with Crippen LogP contribution in [0.4, 0.5) is 0 Å². The summed E-state index contributed by atoms with van der Waals surface area (Å²) >= 11 is 11.7. The standard InChI is InChI=1S/C17H18Cl2N4O3/c18-13-8-20-23(17(24)16(13)19)10-22-5-3-21(4-6-22)9-12-1-2-14-15(7-12)26-11-25-14/h1-2,7-8H,3-6,9-11H2. The third kappa shape index (κ3) is 3.66. The van der Waals surface area contributed by atoms with E-state index in [1.165, 1.54) is 16.4 Å². The van der Waals surface area contributed by atoms with E-state index >= 15 is 0 Å². The molecule has 0 unspecified atom stereocenters. The third-order valence-corrected chi connectivity index (χ3v) is 5.33. The molecule has 1 aromatic heterocycles. The first kappa shape index (κ1) is 17.6. The summed E-state index contributed by atoms with van der Waals surface area (Å²) in [5, 5.41) is 4.26. The molecule has 2 aromatic rings. The van der Waals surface area contributed by atoms with E-state index in [0.717, 1.165) is 44.2 Å². The lowest BCUT2D eigenvalue weighted by molar-refractivity contribution is 0.0969. The van der Waals surface area contributed by atoms with Crippen molar-refractivity contribution in [1.29, 1.82) is 0 Å². The minimum atomic E-state index is -0.359. The van der Waals surface area contributed by atoms with E-state index in [2.05, 4.69) is 21.0 Å². The number of fused-ring (bicyclic) bond motifs is 1. The summed E-state index contributed by atoms with van der Waals surface area (Å²) < 4.78 is 12.1. The molecule has 4 rings (SSSR count). The SMILES string of the molecule is O=c1c(Cl)c(Cl)cnn1CN1CCN(Cc2ccc3c(c2)OCO3)CC1. The van der Waals surface area contributed by atoms with Gasteiger partial charge in [-0.3, -0.25) is 14.6 Å². The van der Waals surface area contributed by atoms with Crippen molar-refractivity contribution in [2.45, 2.75) is 13.2 Å². The van der Waals surface area contributed by atoms with E-state index in [1.807, 2.05) is 12.1 Å². The van der Waals surface area contributed by atoms with Gasteiger partial charge >= 0.3 is 0 Å². The second-order valence-corrected chi connectivity index (χ2v) is 7.12. The Balaban J connectivity index is 1.33. The maximum absolute atomic E-state index is 12.1. The van der Waals surface area contributed by atoms with Gasteiger partial charge in [-0.2, -0.15) is 5.10 Å². The fourth-order valence-electron chi connectivity index (χ4n) is 3.12. The highest BCUT2D eigenvalue weighted by molar-refractivity contribution is 6.41. The van der Waals surface area contributed by atoms with Crippen molar-refractivity contribution < 1.29 is 9.47 Å². The average molecular weight is 397 g/mol. The molecule has 26 heavy (non-hydrogen) atoms. The number of halogens is 2. The van der Waals surface area contributed by atoms with Crippen molar-refractivity contribution in [3.63, 3.8) is 0 Å². The van der Waals surface area contributed by atoms with Gasteiger partial charge in [-0.15, -0.1) is 0 Å². The minimum absolute atomic E-state index is 0.0168. The van der Waals surface area contributed by atoms with Gasteiger partial charge in [0.05, 0.1) is 17.9 Å². The number of ether oxygens (including phenoxy) is 2. The lowest BCUT2D eigenvalue weighted by Gasteiger charge is -2.34. The summed E-state index contributed by atoms with van der Waals surface area (Å²) in [4.78, 5) is 16.6. The first-order chi connectivity index (χ1) is 12.6. The summed E-state index contributed by atoms with van der Waals surface area (Å²) in [6, 6.07) is 6.06. The molecule has 3 heterocycles. The quantitative estimate of drug-likeness (QED) is 0.787. The van der Waals surface area contributed by atoms with Crippen LogP contribution in [0.1, 0.15) is 5.56 Å². The molecular weight excluding hydrogens is 379 g/mol. The molecule has 0 amide bonds. The molecule has 138 valence electrons. The first-order valence-electron chi connectivity index (χ1n) is 8.34. The summed E-state index contributed by atoms with van der Waals surface area (Å²) in [6.45, 7) is 5.06. The molecule has 0 aliphatic carbocycles. The van der Waals surface area contributed by atoms with Crippen LogP contribution in [0.5, 0.6) is 11.5 Å². The maximum Gasteiger partial charge on any atom is 0.288 e. The number of benzene rings is 1. The molecule has 0 saturated carbocycles. The highest BCUT2D eigenvalue weighted by atomic mass is 35.5. The van der Waals surface area contributed by atoms with Crippen molar-refractivity contribution in [3.8, 4) is 11.5 Å². The van der Waals surface area contributed by atoms with Gasteiger partial charge in [0.1, 0.15) is 5.02 Å². The Labute approximate surface area is 160 Å². The summed E-state index contributed by atoms with van der Waals surface area (Å²) in [5.41, 5.74) is 0.840. The van der Waals surface area contributed by atoms with E-state index in [1.54, 1.807) is 0 Å². The van der Waals surface area contributed by atoms with Crippen LogP contribution < -0.4 is 15.0 Å². The number of hydrogen-bond acceptors (Lipinski definition) is 6. The van der Waals surface area contributed by atoms with Gasteiger partial charge in [0.2, 0.25) is 6.79 Å². The summed E-state index contributed by atoms with van der Waals surface area (Å²) in [6.07, 6.45) is 1.40. The van der Waals surface area contributed by atoms with E-state index < -0.39 is 0 Å². The first-order valence-corrected chi connectivity index (χ1v) is 9.10. The predicted octanol–water partition coefficient (Wildman–Crippen LogP) is 2.05. The molecule has 0 spiro atoms. The van der Waals surface area contributed by atoms with Gasteiger partial charge in [-0.05, 0) is 17.7 Å². The predicted molar refractivity (Wildman–Crippen MR) is 97.9 cm³/mol.